The van der Waals surface area contributed by atoms with Crippen LogP contribution in [0, 0.1) is 0 Å². The van der Waals surface area contributed by atoms with Crippen molar-refractivity contribution in [1.82, 2.24) is 5.32 Å². The minimum absolute atomic E-state index is 0.0711. The molecule has 2 aromatic rings. The zero-order chi connectivity index (χ0) is 20.3. The topological polar surface area (TPSA) is 75.7 Å². The van der Waals surface area contributed by atoms with Gasteiger partial charge in [0, 0.05) is 31.4 Å². The largest absolute Gasteiger partial charge is 0.385 e. The Kier molecular flexibility index (Phi) is 6.05. The highest BCUT2D eigenvalue weighted by atomic mass is 32.2. The molecule has 0 aliphatic carbocycles. The first-order valence-electron chi connectivity index (χ1n) is 9.37. The van der Waals surface area contributed by atoms with Crippen LogP contribution >= 0.6 is 0 Å². The molecule has 0 saturated heterocycles. The van der Waals surface area contributed by atoms with Crippen LogP contribution in [0.3, 0.4) is 0 Å². The molecule has 0 aromatic heterocycles. The molecule has 3 rings (SSSR count). The molecule has 2 unspecified atom stereocenters. The molecule has 0 saturated carbocycles. The van der Waals surface area contributed by atoms with E-state index in [4.69, 9.17) is 4.74 Å². The Morgan fingerprint density at radius 2 is 2.00 bits per heavy atom. The van der Waals surface area contributed by atoms with Crippen LogP contribution in [0.25, 0.3) is 0 Å². The summed E-state index contributed by atoms with van der Waals surface area (Å²) in [6, 6.07) is 13.5. The van der Waals surface area contributed by atoms with Crippen LogP contribution in [0.1, 0.15) is 36.2 Å². The van der Waals surface area contributed by atoms with E-state index < -0.39 is 10.0 Å². The fourth-order valence-corrected chi connectivity index (χ4v) is 5.23. The van der Waals surface area contributed by atoms with Crippen LogP contribution in [-0.4, -0.2) is 40.1 Å². The number of nitrogens with one attached hydrogen (secondary N) is 1. The number of methoxy groups -OCH3 is 1. The summed E-state index contributed by atoms with van der Waals surface area (Å²) in [5.41, 5.74) is 2.04. The van der Waals surface area contributed by atoms with E-state index in [0.29, 0.717) is 30.7 Å². The molecule has 0 spiro atoms. The third-order valence-electron chi connectivity index (χ3n) is 4.93. The van der Waals surface area contributed by atoms with Gasteiger partial charge in [0.1, 0.15) is 0 Å². The van der Waals surface area contributed by atoms with E-state index in [0.717, 1.165) is 5.56 Å². The summed E-state index contributed by atoms with van der Waals surface area (Å²) in [6.45, 7) is 4.33. The molecule has 1 heterocycles. The lowest BCUT2D eigenvalue weighted by Crippen LogP contribution is -2.36. The number of benzene rings is 2. The van der Waals surface area contributed by atoms with Crippen LogP contribution in [0.5, 0.6) is 0 Å². The number of carbonyl (C=O) groups excluding carboxylic acids is 1. The van der Waals surface area contributed by atoms with E-state index in [1.165, 1.54) is 16.4 Å². The van der Waals surface area contributed by atoms with Crippen molar-refractivity contribution in [2.24, 2.45) is 0 Å². The first-order chi connectivity index (χ1) is 13.3. The number of amides is 1. The van der Waals surface area contributed by atoms with E-state index in [1.807, 2.05) is 38.1 Å². The number of sulfonamides is 1. The molecule has 6 nitrogen and oxygen atoms in total. The molecular weight excluding hydrogens is 376 g/mol. The zero-order valence-electron chi connectivity index (χ0n) is 16.4. The predicted molar refractivity (Wildman–Crippen MR) is 109 cm³/mol. The maximum atomic E-state index is 13.3. The highest BCUT2D eigenvalue weighted by molar-refractivity contribution is 7.92. The summed E-state index contributed by atoms with van der Waals surface area (Å²) in [5.74, 6) is -0.296. The summed E-state index contributed by atoms with van der Waals surface area (Å²) < 4.78 is 33.1. The van der Waals surface area contributed by atoms with Crippen molar-refractivity contribution in [3.63, 3.8) is 0 Å². The van der Waals surface area contributed by atoms with Gasteiger partial charge in [-0.05, 0) is 56.5 Å². The molecule has 150 valence electrons. The number of carbonyl (C=O) groups is 1. The highest BCUT2D eigenvalue weighted by Gasteiger charge is 2.36. The Bertz CT molecular complexity index is 958. The molecule has 0 radical (unpaired) electrons. The number of anilines is 1. The summed E-state index contributed by atoms with van der Waals surface area (Å²) in [6.07, 6.45) is 1.36. The molecule has 2 atom stereocenters. The van der Waals surface area contributed by atoms with Crippen molar-refractivity contribution in [2.75, 3.05) is 18.0 Å². The zero-order valence-corrected chi connectivity index (χ0v) is 17.2. The fourth-order valence-electron chi connectivity index (χ4n) is 3.49. The van der Waals surface area contributed by atoms with Crippen molar-refractivity contribution in [3.8, 4) is 0 Å². The van der Waals surface area contributed by atoms with Gasteiger partial charge >= 0.3 is 0 Å². The summed E-state index contributed by atoms with van der Waals surface area (Å²) in [7, 11) is -2.16. The fraction of sp³-hybridized carbons (Fsp3) is 0.381. The number of rotatable bonds is 7. The maximum Gasteiger partial charge on any atom is 0.264 e. The number of nitrogens with zero attached hydrogens (tertiary/aromatic N) is 1. The molecule has 1 amide bonds. The second kappa shape index (κ2) is 8.32. The van der Waals surface area contributed by atoms with Crippen LogP contribution in [-0.2, 0) is 21.2 Å². The van der Waals surface area contributed by atoms with Crippen molar-refractivity contribution in [3.05, 3.63) is 59.7 Å². The smallest absolute Gasteiger partial charge is 0.264 e. The number of para-hydroxylation sites is 1. The summed E-state index contributed by atoms with van der Waals surface area (Å²) in [5, 5.41) is 2.88. The molecule has 2 aromatic carbocycles. The lowest BCUT2D eigenvalue weighted by molar-refractivity contribution is 0.0929. The molecule has 1 aliphatic rings. The molecule has 1 aliphatic heterocycles. The highest BCUT2D eigenvalue weighted by Crippen LogP contribution is 2.36. The van der Waals surface area contributed by atoms with Crippen LogP contribution in [0.4, 0.5) is 5.69 Å². The Morgan fingerprint density at radius 1 is 1.25 bits per heavy atom. The third kappa shape index (κ3) is 4.05. The quantitative estimate of drug-likeness (QED) is 0.773. The van der Waals surface area contributed by atoms with Crippen molar-refractivity contribution in [2.45, 2.75) is 43.7 Å². The van der Waals surface area contributed by atoms with Gasteiger partial charge < -0.3 is 10.1 Å². The van der Waals surface area contributed by atoms with Gasteiger partial charge in [-0.3, -0.25) is 9.10 Å². The number of hydrogen-bond acceptors (Lipinski definition) is 4. The standard InChI is InChI=1S/C21H26N2O4S/c1-15(11-12-27-3)22-21(24)18-8-6-9-19(14-18)28(25,26)23-16(2)13-17-7-4-5-10-20(17)23/h4-10,14-16H,11-13H2,1-3H3,(H,22,24). The second-order valence-electron chi connectivity index (χ2n) is 7.17. The van der Waals surface area contributed by atoms with Crippen LogP contribution < -0.4 is 9.62 Å². The number of hydrogen-bond donors (Lipinski definition) is 1. The normalized spacial score (nSPS) is 17.2. The third-order valence-corrected chi connectivity index (χ3v) is 6.85. The second-order valence-corrected chi connectivity index (χ2v) is 8.98. The lowest BCUT2D eigenvalue weighted by Gasteiger charge is -2.24. The van der Waals surface area contributed by atoms with E-state index in [-0.39, 0.29) is 22.9 Å². The Morgan fingerprint density at radius 3 is 2.75 bits per heavy atom. The Balaban J connectivity index is 1.86. The summed E-state index contributed by atoms with van der Waals surface area (Å²) >= 11 is 0. The predicted octanol–water partition coefficient (Wildman–Crippen LogP) is 2.98. The Hall–Kier alpha value is -2.38. The minimum Gasteiger partial charge on any atom is -0.385 e. The monoisotopic (exact) mass is 402 g/mol. The molecule has 7 heteroatoms. The van der Waals surface area contributed by atoms with E-state index in [2.05, 4.69) is 5.32 Å². The first-order valence-corrected chi connectivity index (χ1v) is 10.8. The average Bonchev–Trinajstić information content (AvgIpc) is 3.02. The van der Waals surface area contributed by atoms with E-state index in [1.54, 1.807) is 19.2 Å². The minimum atomic E-state index is -3.77. The molecular formula is C21H26N2O4S. The van der Waals surface area contributed by atoms with Gasteiger partial charge in [0.25, 0.3) is 15.9 Å². The molecule has 0 bridgehead atoms. The molecule has 1 N–H and O–H groups in total. The lowest BCUT2D eigenvalue weighted by atomic mass is 10.1. The van der Waals surface area contributed by atoms with Gasteiger partial charge in [-0.1, -0.05) is 24.3 Å². The SMILES string of the molecule is COCCC(C)NC(=O)c1cccc(S(=O)(=O)N2c3ccccc3CC2C)c1. The van der Waals surface area contributed by atoms with Crippen LogP contribution in [0.15, 0.2) is 53.4 Å². The van der Waals surface area contributed by atoms with Gasteiger partial charge in [-0.2, -0.15) is 0 Å². The van der Waals surface area contributed by atoms with Crippen molar-refractivity contribution in [1.29, 1.82) is 0 Å². The van der Waals surface area contributed by atoms with Crippen LogP contribution in [0.2, 0.25) is 0 Å². The van der Waals surface area contributed by atoms with Gasteiger partial charge in [0.05, 0.1) is 10.6 Å². The van der Waals surface area contributed by atoms with Crippen molar-refractivity contribution < 1.29 is 17.9 Å². The Labute approximate surface area is 166 Å². The molecule has 0 fully saturated rings. The number of ether oxygens (including phenoxy) is 1. The van der Waals surface area contributed by atoms with Gasteiger partial charge in [-0.25, -0.2) is 8.42 Å². The summed E-state index contributed by atoms with van der Waals surface area (Å²) in [4.78, 5) is 12.6. The van der Waals surface area contributed by atoms with Gasteiger partial charge in [0.2, 0.25) is 0 Å². The number of fused-ring (bicyclic) bond motifs is 1. The van der Waals surface area contributed by atoms with E-state index >= 15 is 0 Å². The first kappa shape index (κ1) is 20.4. The average molecular weight is 403 g/mol. The van der Waals surface area contributed by atoms with Gasteiger partial charge in [0.15, 0.2) is 0 Å². The maximum absolute atomic E-state index is 13.3. The van der Waals surface area contributed by atoms with Crippen molar-refractivity contribution >= 4 is 21.6 Å². The molecule has 28 heavy (non-hydrogen) atoms. The van der Waals surface area contributed by atoms with E-state index in [9.17, 15) is 13.2 Å². The van der Waals surface area contributed by atoms with Gasteiger partial charge in [-0.15, -0.1) is 0 Å².